The van der Waals surface area contributed by atoms with E-state index < -0.39 is 37.3 Å². The zero-order chi connectivity index (χ0) is 33.4. The van der Waals surface area contributed by atoms with Crippen molar-refractivity contribution in [3.63, 3.8) is 0 Å². The molecule has 4 N–H and O–H groups in total. The Bertz CT molecular complexity index is 1120. The van der Waals surface area contributed by atoms with Gasteiger partial charge in [-0.2, -0.15) is 0 Å². The predicted molar refractivity (Wildman–Crippen MR) is 179 cm³/mol. The Hall–Kier alpha value is -0.540. The zero-order valence-corrected chi connectivity index (χ0v) is 30.0. The predicted octanol–water partition coefficient (Wildman–Crippen LogP) is 6.26. The van der Waals surface area contributed by atoms with Gasteiger partial charge in [-0.1, -0.05) is 46.8 Å². The fraction of sp³-hybridized carbons (Fsp3) is 0.949. The fourth-order valence-corrected chi connectivity index (χ4v) is 13.8. The third-order valence-corrected chi connectivity index (χ3v) is 16.3. The normalized spacial score (nSPS) is 53.1. The van der Waals surface area contributed by atoms with Crippen LogP contribution < -0.4 is 0 Å². The molecule has 0 aromatic rings. The molecule has 15 atom stereocenters. The van der Waals surface area contributed by atoms with Crippen LogP contribution >= 0.6 is 0 Å². The molecule has 1 heterocycles. The van der Waals surface area contributed by atoms with Gasteiger partial charge in [0.05, 0.1) is 12.7 Å². The number of hydrogen-bond donors (Lipinski definition) is 4. The van der Waals surface area contributed by atoms with Crippen molar-refractivity contribution in [2.24, 2.45) is 56.7 Å². The number of hydrogen-bond acceptors (Lipinski definition) is 7. The van der Waals surface area contributed by atoms with Crippen LogP contribution in [0.15, 0.2) is 12.2 Å². The molecule has 0 radical (unpaired) electrons. The molecule has 46 heavy (non-hydrogen) atoms. The van der Waals surface area contributed by atoms with Crippen LogP contribution in [0.25, 0.3) is 0 Å². The van der Waals surface area contributed by atoms with Crippen molar-refractivity contribution < 1.29 is 34.6 Å². The lowest BCUT2D eigenvalue weighted by Gasteiger charge is -2.73. The zero-order valence-electron chi connectivity index (χ0n) is 30.0. The van der Waals surface area contributed by atoms with E-state index in [0.717, 1.165) is 31.3 Å². The lowest BCUT2D eigenvalue weighted by atomic mass is 9.32. The van der Waals surface area contributed by atoms with E-state index in [9.17, 15) is 20.4 Å². The van der Waals surface area contributed by atoms with E-state index in [-0.39, 0.29) is 22.3 Å². The molecule has 0 aromatic carbocycles. The van der Waals surface area contributed by atoms with Crippen LogP contribution in [-0.4, -0.2) is 77.6 Å². The summed E-state index contributed by atoms with van der Waals surface area (Å²) in [6.07, 6.45) is 8.44. The first-order valence-electron chi connectivity index (χ1n) is 18.7. The molecule has 6 fully saturated rings. The second kappa shape index (κ2) is 12.3. The minimum atomic E-state index is -1.42. The van der Waals surface area contributed by atoms with E-state index in [1.54, 1.807) is 0 Å². The highest BCUT2D eigenvalue weighted by molar-refractivity contribution is 5.21. The number of allylic oxidation sites excluding steroid dienone is 1. The van der Waals surface area contributed by atoms with E-state index in [1.165, 1.54) is 69.8 Å². The van der Waals surface area contributed by atoms with Crippen molar-refractivity contribution in [2.75, 3.05) is 20.3 Å². The summed E-state index contributed by atoms with van der Waals surface area (Å²) in [4.78, 5) is 0. The van der Waals surface area contributed by atoms with Crippen LogP contribution in [0.3, 0.4) is 0 Å². The highest BCUT2D eigenvalue weighted by Crippen LogP contribution is 2.78. The van der Waals surface area contributed by atoms with Crippen molar-refractivity contribution in [3.05, 3.63) is 12.2 Å². The largest absolute Gasteiger partial charge is 0.394 e. The SMILES string of the molecule is C=C(C)[C@@H]1CCC2(CCCOC)CC[C@]3(C)C(CCC4[C@@]5(C)CC[C@H](OC6OC(CO)C(O)C(O)C6O)C(C)(C)C5CC[C@]43C)C12. The average Bonchev–Trinajstić information content (AvgIpc) is 3.39. The first-order chi connectivity index (χ1) is 21.6. The van der Waals surface area contributed by atoms with E-state index in [2.05, 4.69) is 48.1 Å². The quantitative estimate of drug-likeness (QED) is 0.140. The van der Waals surface area contributed by atoms with Gasteiger partial charge < -0.3 is 34.6 Å². The molecule has 7 nitrogen and oxygen atoms in total. The standard InChI is InChI=1S/C39H66O7/c1-23(2)24-12-18-39(15-9-21-44-8)20-19-37(6)25(30(24)39)10-11-28-36(5)16-14-29(35(3,4)27(36)13-17-38(28,37)7)46-34-33(43)32(42)31(41)26(22-40)45-34/h24-34,40-43H,1,9-22H2,2-8H3/t24-,25?,26?,27?,28?,29-,30?,31?,32?,33?,34?,36-,37+,38+,39?/m0/s1. The summed E-state index contributed by atoms with van der Waals surface area (Å²) in [6.45, 7) is 20.0. The summed E-state index contributed by atoms with van der Waals surface area (Å²) in [7, 11) is 1.84. The van der Waals surface area contributed by atoms with Gasteiger partial charge in [0.1, 0.15) is 24.4 Å². The van der Waals surface area contributed by atoms with Gasteiger partial charge >= 0.3 is 0 Å². The van der Waals surface area contributed by atoms with Crippen molar-refractivity contribution in [2.45, 2.75) is 155 Å². The molecule has 6 rings (SSSR count). The number of aliphatic hydroxyl groups excluding tert-OH is 4. The Labute approximate surface area is 278 Å². The van der Waals surface area contributed by atoms with Gasteiger partial charge in [0.25, 0.3) is 0 Å². The van der Waals surface area contributed by atoms with Crippen LogP contribution in [0, 0.1) is 56.7 Å². The topological polar surface area (TPSA) is 109 Å². The Kier molecular flexibility index (Phi) is 9.47. The summed E-state index contributed by atoms with van der Waals surface area (Å²) in [5.74, 6) is 3.25. The molecule has 0 spiro atoms. The number of rotatable bonds is 8. The molecule has 0 aromatic heterocycles. The second-order valence-electron chi connectivity index (χ2n) is 18.3. The molecular weight excluding hydrogens is 580 g/mol. The molecule has 264 valence electrons. The Morgan fingerprint density at radius 2 is 1.57 bits per heavy atom. The van der Waals surface area contributed by atoms with Crippen LogP contribution in [-0.2, 0) is 14.2 Å². The van der Waals surface area contributed by atoms with E-state index in [4.69, 9.17) is 14.2 Å². The molecule has 10 unspecified atom stereocenters. The maximum Gasteiger partial charge on any atom is 0.186 e. The summed E-state index contributed by atoms with van der Waals surface area (Å²) in [6, 6.07) is 0. The smallest absolute Gasteiger partial charge is 0.186 e. The van der Waals surface area contributed by atoms with Crippen LogP contribution in [0.1, 0.15) is 119 Å². The number of fused-ring (bicyclic) bond motifs is 7. The lowest BCUT2D eigenvalue weighted by Crippen LogP contribution is -2.67. The average molecular weight is 647 g/mol. The first-order valence-corrected chi connectivity index (χ1v) is 18.7. The maximum absolute atomic E-state index is 10.8. The summed E-state index contributed by atoms with van der Waals surface area (Å²) in [5.41, 5.74) is 2.47. The van der Waals surface area contributed by atoms with Crippen LogP contribution in [0.2, 0.25) is 0 Å². The van der Waals surface area contributed by atoms with E-state index in [1.807, 2.05) is 7.11 Å². The van der Waals surface area contributed by atoms with Gasteiger partial charge in [-0.3, -0.25) is 0 Å². The molecular formula is C39H66O7. The van der Waals surface area contributed by atoms with E-state index in [0.29, 0.717) is 28.6 Å². The first kappa shape index (κ1) is 35.3. The van der Waals surface area contributed by atoms with Gasteiger partial charge in [-0.25, -0.2) is 0 Å². The van der Waals surface area contributed by atoms with Crippen molar-refractivity contribution >= 4 is 0 Å². The van der Waals surface area contributed by atoms with E-state index >= 15 is 0 Å². The molecule has 1 saturated heterocycles. The molecule has 0 bridgehead atoms. The minimum Gasteiger partial charge on any atom is -0.394 e. The number of aliphatic hydroxyl groups is 4. The highest BCUT2D eigenvalue weighted by atomic mass is 16.7. The summed E-state index contributed by atoms with van der Waals surface area (Å²) in [5, 5.41) is 41.2. The van der Waals surface area contributed by atoms with Crippen molar-refractivity contribution in [1.29, 1.82) is 0 Å². The van der Waals surface area contributed by atoms with Gasteiger partial charge in [-0.05, 0) is 141 Å². The van der Waals surface area contributed by atoms with Crippen molar-refractivity contribution in [1.82, 2.24) is 0 Å². The highest BCUT2D eigenvalue weighted by Gasteiger charge is 2.71. The Balaban J connectivity index is 1.25. The number of methoxy groups -OCH3 is 1. The molecule has 7 heteroatoms. The fourth-order valence-electron chi connectivity index (χ4n) is 13.8. The van der Waals surface area contributed by atoms with Crippen LogP contribution in [0.4, 0.5) is 0 Å². The second-order valence-corrected chi connectivity index (χ2v) is 18.3. The number of ether oxygens (including phenoxy) is 3. The van der Waals surface area contributed by atoms with Gasteiger partial charge in [-0.15, -0.1) is 0 Å². The Morgan fingerprint density at radius 1 is 0.826 bits per heavy atom. The lowest BCUT2D eigenvalue weighted by molar-refractivity contribution is -0.332. The minimum absolute atomic E-state index is 0.152. The summed E-state index contributed by atoms with van der Waals surface area (Å²) < 4.78 is 17.9. The van der Waals surface area contributed by atoms with Gasteiger partial charge in [0.2, 0.25) is 0 Å². The van der Waals surface area contributed by atoms with Gasteiger partial charge in [0.15, 0.2) is 6.29 Å². The molecule has 5 aliphatic carbocycles. The summed E-state index contributed by atoms with van der Waals surface area (Å²) >= 11 is 0. The third-order valence-electron chi connectivity index (χ3n) is 16.3. The third kappa shape index (κ3) is 5.06. The molecule has 1 aliphatic heterocycles. The Morgan fingerprint density at radius 3 is 2.24 bits per heavy atom. The van der Waals surface area contributed by atoms with Crippen molar-refractivity contribution in [3.8, 4) is 0 Å². The molecule has 0 amide bonds. The van der Waals surface area contributed by atoms with Gasteiger partial charge in [0, 0.05) is 13.7 Å². The molecule has 6 aliphatic rings. The molecule has 5 saturated carbocycles. The maximum atomic E-state index is 10.8. The van der Waals surface area contributed by atoms with Crippen LogP contribution in [0.5, 0.6) is 0 Å². The monoisotopic (exact) mass is 646 g/mol.